The number of rotatable bonds is 0. The molecule has 1 heterocycles. The zero-order chi connectivity index (χ0) is 8.66. The highest BCUT2D eigenvalue weighted by atomic mass is 35.5. The van der Waals surface area contributed by atoms with E-state index in [2.05, 4.69) is 19.2 Å². The zero-order valence-corrected chi connectivity index (χ0v) is 9.38. The molecule has 1 aliphatic carbocycles. The first kappa shape index (κ1) is 11.3. The highest BCUT2D eigenvalue weighted by molar-refractivity contribution is 5.85. The standard InChI is InChI=1S/C10H19NO.ClH/c1-9(2)3-4-10(7-9)8-11-5-6-12-10;/h11H,3-8H2,1-2H3;1H. The van der Waals surface area contributed by atoms with E-state index in [1.54, 1.807) is 0 Å². The van der Waals surface area contributed by atoms with E-state index in [1.165, 1.54) is 19.3 Å². The van der Waals surface area contributed by atoms with Crippen LogP contribution in [0.3, 0.4) is 0 Å². The Balaban J connectivity index is 0.000000845. The van der Waals surface area contributed by atoms with Crippen molar-refractivity contribution in [2.45, 2.75) is 38.7 Å². The summed E-state index contributed by atoms with van der Waals surface area (Å²) in [5.74, 6) is 0. The number of ether oxygens (including phenoxy) is 1. The van der Waals surface area contributed by atoms with Crippen molar-refractivity contribution in [2.24, 2.45) is 5.41 Å². The molecule has 1 saturated heterocycles. The largest absolute Gasteiger partial charge is 0.372 e. The minimum atomic E-state index is 0. The van der Waals surface area contributed by atoms with Gasteiger partial charge in [0.2, 0.25) is 0 Å². The molecule has 1 N–H and O–H groups in total. The van der Waals surface area contributed by atoms with Crippen LogP contribution in [0, 0.1) is 5.41 Å². The first-order chi connectivity index (χ1) is 5.62. The lowest BCUT2D eigenvalue weighted by Crippen LogP contribution is -2.48. The molecule has 1 saturated carbocycles. The van der Waals surface area contributed by atoms with Gasteiger partial charge < -0.3 is 10.1 Å². The molecule has 3 heteroatoms. The normalized spacial score (nSPS) is 37.4. The van der Waals surface area contributed by atoms with E-state index < -0.39 is 0 Å². The molecule has 2 rings (SSSR count). The summed E-state index contributed by atoms with van der Waals surface area (Å²) < 4.78 is 5.90. The van der Waals surface area contributed by atoms with Crippen LogP contribution in [-0.2, 0) is 4.74 Å². The number of morpholine rings is 1. The van der Waals surface area contributed by atoms with Gasteiger partial charge in [0.05, 0.1) is 12.2 Å². The van der Waals surface area contributed by atoms with Gasteiger partial charge in [0.25, 0.3) is 0 Å². The molecular formula is C10H20ClNO. The van der Waals surface area contributed by atoms with Crippen molar-refractivity contribution in [1.82, 2.24) is 5.32 Å². The van der Waals surface area contributed by atoms with E-state index in [0.717, 1.165) is 19.7 Å². The molecule has 0 aromatic carbocycles. The van der Waals surface area contributed by atoms with Crippen molar-refractivity contribution in [3.63, 3.8) is 0 Å². The SMILES string of the molecule is CC1(C)CCC2(CNCCO2)C1.Cl. The van der Waals surface area contributed by atoms with Gasteiger partial charge >= 0.3 is 0 Å². The van der Waals surface area contributed by atoms with Gasteiger partial charge in [0.15, 0.2) is 0 Å². The molecule has 0 amide bonds. The van der Waals surface area contributed by atoms with Crippen LogP contribution >= 0.6 is 12.4 Å². The molecule has 0 bridgehead atoms. The van der Waals surface area contributed by atoms with Gasteiger partial charge in [0.1, 0.15) is 0 Å². The summed E-state index contributed by atoms with van der Waals surface area (Å²) in [5.41, 5.74) is 0.695. The molecule has 1 aliphatic heterocycles. The topological polar surface area (TPSA) is 21.3 Å². The number of nitrogens with one attached hydrogen (secondary N) is 1. The van der Waals surface area contributed by atoms with Crippen LogP contribution < -0.4 is 5.32 Å². The lowest BCUT2D eigenvalue weighted by atomic mass is 9.89. The Morgan fingerprint density at radius 2 is 2.00 bits per heavy atom. The monoisotopic (exact) mass is 205 g/mol. The Morgan fingerprint density at radius 1 is 1.23 bits per heavy atom. The van der Waals surface area contributed by atoms with Crippen molar-refractivity contribution in [3.05, 3.63) is 0 Å². The maximum atomic E-state index is 5.90. The van der Waals surface area contributed by atoms with E-state index in [0.29, 0.717) is 5.41 Å². The van der Waals surface area contributed by atoms with Crippen molar-refractivity contribution >= 4 is 12.4 Å². The summed E-state index contributed by atoms with van der Waals surface area (Å²) in [6, 6.07) is 0. The minimum Gasteiger partial charge on any atom is -0.372 e. The van der Waals surface area contributed by atoms with Crippen LogP contribution in [0.5, 0.6) is 0 Å². The fourth-order valence-electron chi connectivity index (χ4n) is 2.60. The molecule has 78 valence electrons. The van der Waals surface area contributed by atoms with Crippen LogP contribution in [0.2, 0.25) is 0 Å². The smallest absolute Gasteiger partial charge is 0.0812 e. The van der Waals surface area contributed by atoms with Gasteiger partial charge in [-0.1, -0.05) is 13.8 Å². The lowest BCUT2D eigenvalue weighted by molar-refractivity contribution is -0.0660. The summed E-state index contributed by atoms with van der Waals surface area (Å²) in [6.07, 6.45) is 3.79. The summed E-state index contributed by atoms with van der Waals surface area (Å²) >= 11 is 0. The molecule has 0 aromatic heterocycles. The maximum absolute atomic E-state index is 5.90. The Morgan fingerprint density at radius 3 is 2.46 bits per heavy atom. The van der Waals surface area contributed by atoms with Gasteiger partial charge in [-0.3, -0.25) is 0 Å². The van der Waals surface area contributed by atoms with E-state index >= 15 is 0 Å². The molecule has 2 nitrogen and oxygen atoms in total. The second kappa shape index (κ2) is 3.76. The third kappa shape index (κ3) is 2.36. The molecule has 1 spiro atoms. The quantitative estimate of drug-likeness (QED) is 0.653. The number of hydrogen-bond donors (Lipinski definition) is 1. The van der Waals surface area contributed by atoms with Crippen molar-refractivity contribution < 1.29 is 4.74 Å². The first-order valence-corrected chi connectivity index (χ1v) is 4.97. The summed E-state index contributed by atoms with van der Waals surface area (Å²) in [6.45, 7) is 7.69. The summed E-state index contributed by atoms with van der Waals surface area (Å²) in [4.78, 5) is 0. The second-order valence-corrected chi connectivity index (χ2v) is 5.05. The van der Waals surface area contributed by atoms with Gasteiger partial charge in [-0.2, -0.15) is 0 Å². The Kier molecular flexibility index (Phi) is 3.26. The van der Waals surface area contributed by atoms with E-state index in [9.17, 15) is 0 Å². The third-order valence-corrected chi connectivity index (χ3v) is 3.19. The van der Waals surface area contributed by atoms with Crippen molar-refractivity contribution in [2.75, 3.05) is 19.7 Å². The highest BCUT2D eigenvalue weighted by Gasteiger charge is 2.44. The van der Waals surface area contributed by atoms with E-state index in [4.69, 9.17) is 4.74 Å². The molecule has 0 aromatic rings. The Bertz CT molecular complexity index is 176. The molecule has 0 radical (unpaired) electrons. The average Bonchev–Trinajstić information content (AvgIpc) is 2.29. The predicted molar refractivity (Wildman–Crippen MR) is 56.4 cm³/mol. The molecule has 1 atom stereocenters. The first-order valence-electron chi connectivity index (χ1n) is 4.97. The molecule has 2 aliphatic rings. The van der Waals surface area contributed by atoms with Crippen LogP contribution in [0.1, 0.15) is 33.1 Å². The molecule has 13 heavy (non-hydrogen) atoms. The highest BCUT2D eigenvalue weighted by Crippen LogP contribution is 2.45. The minimum absolute atomic E-state index is 0. The van der Waals surface area contributed by atoms with Crippen LogP contribution in [0.4, 0.5) is 0 Å². The number of halogens is 1. The Labute approximate surface area is 86.8 Å². The third-order valence-electron chi connectivity index (χ3n) is 3.19. The van der Waals surface area contributed by atoms with Gasteiger partial charge in [-0.05, 0) is 24.7 Å². The van der Waals surface area contributed by atoms with Gasteiger partial charge in [0, 0.05) is 13.1 Å². The Hall–Kier alpha value is 0.210. The summed E-state index contributed by atoms with van der Waals surface area (Å²) in [5, 5.41) is 3.43. The number of hydrogen-bond acceptors (Lipinski definition) is 2. The van der Waals surface area contributed by atoms with E-state index in [-0.39, 0.29) is 18.0 Å². The second-order valence-electron chi connectivity index (χ2n) is 5.05. The van der Waals surface area contributed by atoms with Crippen molar-refractivity contribution in [3.8, 4) is 0 Å². The fourth-order valence-corrected chi connectivity index (χ4v) is 2.60. The van der Waals surface area contributed by atoms with Crippen LogP contribution in [0.15, 0.2) is 0 Å². The van der Waals surface area contributed by atoms with Gasteiger partial charge in [-0.15, -0.1) is 12.4 Å². The maximum Gasteiger partial charge on any atom is 0.0812 e. The van der Waals surface area contributed by atoms with Crippen molar-refractivity contribution in [1.29, 1.82) is 0 Å². The predicted octanol–water partition coefficient (Wildman–Crippen LogP) is 1.98. The van der Waals surface area contributed by atoms with Crippen LogP contribution in [0.25, 0.3) is 0 Å². The van der Waals surface area contributed by atoms with E-state index in [1.807, 2.05) is 0 Å². The fraction of sp³-hybridized carbons (Fsp3) is 1.00. The lowest BCUT2D eigenvalue weighted by Gasteiger charge is -2.35. The average molecular weight is 206 g/mol. The van der Waals surface area contributed by atoms with Gasteiger partial charge in [-0.25, -0.2) is 0 Å². The molecule has 1 unspecified atom stereocenters. The molecule has 2 fully saturated rings. The van der Waals surface area contributed by atoms with Crippen LogP contribution in [-0.4, -0.2) is 25.3 Å². The summed E-state index contributed by atoms with van der Waals surface area (Å²) in [7, 11) is 0. The zero-order valence-electron chi connectivity index (χ0n) is 8.56. The molecular weight excluding hydrogens is 186 g/mol.